The van der Waals surface area contributed by atoms with Gasteiger partial charge in [0.2, 0.25) is 0 Å². The summed E-state index contributed by atoms with van der Waals surface area (Å²) in [4.78, 5) is 3.21. The van der Waals surface area contributed by atoms with Gasteiger partial charge in [-0.2, -0.15) is 0 Å². The van der Waals surface area contributed by atoms with E-state index in [9.17, 15) is 17.2 Å². The number of anilines is 1. The van der Waals surface area contributed by atoms with Crippen LogP contribution in [0, 0.1) is 0 Å². The Morgan fingerprint density at radius 2 is 2.00 bits per heavy atom. The largest absolute Gasteiger partial charge is 0.398 e. The van der Waals surface area contributed by atoms with Crippen molar-refractivity contribution in [3.63, 3.8) is 0 Å². The van der Waals surface area contributed by atoms with E-state index >= 15 is 0 Å². The van der Waals surface area contributed by atoms with Gasteiger partial charge in [0.05, 0.1) is 5.56 Å². The predicted molar refractivity (Wildman–Crippen MR) is 51.7 cm³/mol. The number of nitrogens with zero attached hydrogens (tertiary/aromatic N) is 1. The quantitative estimate of drug-likeness (QED) is 0.664. The molecule has 0 spiro atoms. The van der Waals surface area contributed by atoms with Crippen LogP contribution in [0.3, 0.4) is 0 Å². The molecule has 0 saturated carbocycles. The Balaban J connectivity index is 3.62. The Morgan fingerprint density at radius 1 is 1.47 bits per heavy atom. The zero-order valence-electron chi connectivity index (χ0n) is 6.92. The third-order valence-corrected chi connectivity index (χ3v) is 2.88. The highest BCUT2D eigenvalue weighted by Crippen LogP contribution is 2.33. The molecule has 1 heterocycles. The molecular weight excluding hydrogens is 273 g/mol. The Labute approximate surface area is 93.4 Å². The van der Waals surface area contributed by atoms with Crippen LogP contribution < -0.4 is 5.73 Å². The molecule has 0 fully saturated rings. The molecule has 4 nitrogen and oxygen atoms in total. The van der Waals surface area contributed by atoms with Gasteiger partial charge in [-0.15, -0.1) is 0 Å². The molecule has 1 rings (SSSR count). The smallest absolute Gasteiger partial charge is 0.279 e. The molecule has 15 heavy (non-hydrogen) atoms. The van der Waals surface area contributed by atoms with Crippen LogP contribution in [0.25, 0.3) is 0 Å². The highest BCUT2D eigenvalue weighted by Gasteiger charge is 2.26. The van der Waals surface area contributed by atoms with Crippen molar-refractivity contribution in [2.24, 2.45) is 0 Å². The summed E-state index contributed by atoms with van der Waals surface area (Å²) >= 11 is 5.37. The second kappa shape index (κ2) is 4.07. The first-order valence-corrected chi connectivity index (χ1v) is 6.11. The van der Waals surface area contributed by atoms with E-state index in [0.717, 1.165) is 6.07 Å². The third kappa shape index (κ3) is 2.67. The number of hydrogen-bond acceptors (Lipinski definition) is 4. The number of nitrogen functional groups attached to an aromatic ring is 1. The highest BCUT2D eigenvalue weighted by molar-refractivity contribution is 8.13. The predicted octanol–water partition coefficient (Wildman–Crippen LogP) is 2.18. The van der Waals surface area contributed by atoms with E-state index in [4.69, 9.17) is 28.0 Å². The number of halogens is 4. The summed E-state index contributed by atoms with van der Waals surface area (Å²) in [5, 5.41) is -1.33. The summed E-state index contributed by atoms with van der Waals surface area (Å²) in [6.45, 7) is 0. The van der Waals surface area contributed by atoms with E-state index in [1.165, 1.54) is 0 Å². The number of hydrogen-bond donors (Lipinski definition) is 1. The van der Waals surface area contributed by atoms with E-state index in [1.54, 1.807) is 0 Å². The number of rotatable bonds is 2. The van der Waals surface area contributed by atoms with Crippen molar-refractivity contribution in [1.29, 1.82) is 0 Å². The Hall–Kier alpha value is -0.660. The number of aromatic nitrogens is 1. The first kappa shape index (κ1) is 12.4. The van der Waals surface area contributed by atoms with Gasteiger partial charge in [-0.1, -0.05) is 11.6 Å². The van der Waals surface area contributed by atoms with E-state index in [0.29, 0.717) is 0 Å². The van der Waals surface area contributed by atoms with Crippen LogP contribution in [-0.4, -0.2) is 13.4 Å². The molecule has 1 aromatic rings. The van der Waals surface area contributed by atoms with Gasteiger partial charge in [0, 0.05) is 16.4 Å². The zero-order valence-corrected chi connectivity index (χ0v) is 9.24. The summed E-state index contributed by atoms with van der Waals surface area (Å²) in [5.41, 5.74) is 3.79. The Kier molecular flexibility index (Phi) is 3.37. The standard InChI is InChI=1S/C6H4Cl2F2N2O2S/c7-3-1-2(11)4(5(9)10)6(12-3)15(8,13)14/h1,5H,(H2,11,12). The molecule has 0 saturated heterocycles. The first-order valence-electron chi connectivity index (χ1n) is 3.42. The van der Waals surface area contributed by atoms with Gasteiger partial charge in [-0.05, 0) is 6.07 Å². The topological polar surface area (TPSA) is 73.0 Å². The van der Waals surface area contributed by atoms with Crippen molar-refractivity contribution in [2.45, 2.75) is 11.5 Å². The minimum absolute atomic E-state index is 0.323. The van der Waals surface area contributed by atoms with E-state index in [-0.39, 0.29) is 5.15 Å². The molecule has 1 aromatic heterocycles. The summed E-state index contributed by atoms with van der Waals surface area (Å²) < 4.78 is 46.8. The monoisotopic (exact) mass is 276 g/mol. The van der Waals surface area contributed by atoms with Crippen LogP contribution in [0.5, 0.6) is 0 Å². The van der Waals surface area contributed by atoms with E-state index in [1.807, 2.05) is 0 Å². The average molecular weight is 277 g/mol. The van der Waals surface area contributed by atoms with Crippen molar-refractivity contribution >= 4 is 37.0 Å². The Bertz CT molecular complexity index is 492. The maximum Gasteiger partial charge on any atom is 0.279 e. The van der Waals surface area contributed by atoms with Gasteiger partial charge in [0.1, 0.15) is 5.15 Å². The fourth-order valence-corrected chi connectivity index (χ4v) is 2.21. The maximum atomic E-state index is 12.5. The van der Waals surface area contributed by atoms with Crippen LogP contribution in [0.15, 0.2) is 11.1 Å². The molecule has 84 valence electrons. The third-order valence-electron chi connectivity index (χ3n) is 1.47. The molecule has 0 atom stereocenters. The van der Waals surface area contributed by atoms with Crippen LogP contribution >= 0.6 is 22.3 Å². The molecule has 0 unspecified atom stereocenters. The molecule has 0 aliphatic rings. The lowest BCUT2D eigenvalue weighted by Gasteiger charge is -2.08. The van der Waals surface area contributed by atoms with E-state index in [2.05, 4.69) is 4.98 Å². The minimum Gasteiger partial charge on any atom is -0.398 e. The van der Waals surface area contributed by atoms with Crippen molar-refractivity contribution in [3.05, 3.63) is 16.8 Å². The molecule has 0 bridgehead atoms. The summed E-state index contributed by atoms with van der Waals surface area (Å²) in [6.07, 6.45) is -3.10. The van der Waals surface area contributed by atoms with Gasteiger partial charge in [-0.3, -0.25) is 0 Å². The first-order chi connectivity index (χ1) is 6.73. The van der Waals surface area contributed by atoms with Crippen LogP contribution in [0.4, 0.5) is 14.5 Å². The lowest BCUT2D eigenvalue weighted by Crippen LogP contribution is -2.06. The van der Waals surface area contributed by atoms with E-state index < -0.39 is 31.8 Å². The number of nitrogens with two attached hydrogens (primary N) is 1. The van der Waals surface area contributed by atoms with Crippen LogP contribution in [0.1, 0.15) is 12.0 Å². The van der Waals surface area contributed by atoms with Crippen LogP contribution in [0.2, 0.25) is 5.15 Å². The molecule has 0 aliphatic carbocycles. The van der Waals surface area contributed by atoms with Gasteiger partial charge < -0.3 is 5.73 Å². The molecule has 2 N–H and O–H groups in total. The summed E-state index contributed by atoms with van der Waals surface area (Å²) in [7, 11) is 0.507. The van der Waals surface area contributed by atoms with Gasteiger partial charge in [0.25, 0.3) is 15.5 Å². The zero-order chi connectivity index (χ0) is 11.8. The number of alkyl halides is 2. The number of pyridine rings is 1. The lowest BCUT2D eigenvalue weighted by molar-refractivity contribution is 0.148. The minimum atomic E-state index is -4.41. The average Bonchev–Trinajstić information content (AvgIpc) is 1.99. The van der Waals surface area contributed by atoms with Gasteiger partial charge in [-0.25, -0.2) is 22.2 Å². The van der Waals surface area contributed by atoms with Crippen molar-refractivity contribution in [2.75, 3.05) is 5.73 Å². The summed E-state index contributed by atoms with van der Waals surface area (Å²) in [5.74, 6) is 0. The van der Waals surface area contributed by atoms with Crippen molar-refractivity contribution < 1.29 is 17.2 Å². The van der Waals surface area contributed by atoms with Crippen LogP contribution in [-0.2, 0) is 9.05 Å². The second-order valence-electron chi connectivity index (χ2n) is 2.49. The van der Waals surface area contributed by atoms with Gasteiger partial charge in [0.15, 0.2) is 5.03 Å². The molecule has 0 radical (unpaired) electrons. The van der Waals surface area contributed by atoms with Gasteiger partial charge >= 0.3 is 0 Å². The Morgan fingerprint density at radius 3 is 2.40 bits per heavy atom. The SMILES string of the molecule is Nc1cc(Cl)nc(S(=O)(=O)Cl)c1C(F)F. The molecule has 0 aromatic carbocycles. The highest BCUT2D eigenvalue weighted by atomic mass is 35.7. The molecule has 9 heteroatoms. The van der Waals surface area contributed by atoms with Crippen molar-refractivity contribution in [3.8, 4) is 0 Å². The molecule has 0 amide bonds. The fourth-order valence-electron chi connectivity index (χ4n) is 0.924. The molecule has 0 aliphatic heterocycles. The van der Waals surface area contributed by atoms with Crippen molar-refractivity contribution in [1.82, 2.24) is 4.98 Å². The fraction of sp³-hybridized carbons (Fsp3) is 0.167. The maximum absolute atomic E-state index is 12.5. The second-order valence-corrected chi connectivity index (χ2v) is 5.36. The summed E-state index contributed by atoms with van der Waals surface area (Å²) in [6, 6.07) is 0.925. The molecular formula is C6H4Cl2F2N2O2S. The lowest BCUT2D eigenvalue weighted by atomic mass is 10.2. The normalized spacial score (nSPS) is 12.1.